The molecular formula is C27H24Cl2N6O2. The minimum absolute atomic E-state index is 0.0943. The maximum Gasteiger partial charge on any atom is 0.353 e. The molecule has 37 heavy (non-hydrogen) atoms. The zero-order valence-corrected chi connectivity index (χ0v) is 21.3. The molecule has 0 radical (unpaired) electrons. The Bertz CT molecular complexity index is 1340. The number of nitrogens with one attached hydrogen (secondary N) is 1. The summed E-state index contributed by atoms with van der Waals surface area (Å²) in [7, 11) is 0. The predicted octanol–water partition coefficient (Wildman–Crippen LogP) is 6.35. The van der Waals surface area contributed by atoms with Gasteiger partial charge in [-0.25, -0.2) is 9.97 Å². The smallest absolute Gasteiger partial charge is 0.348 e. The minimum Gasteiger partial charge on any atom is -0.348 e. The Balaban J connectivity index is 1.39. The van der Waals surface area contributed by atoms with E-state index >= 15 is 0 Å². The molecule has 0 unspecified atom stereocenters. The first-order chi connectivity index (χ1) is 18.0. The summed E-state index contributed by atoms with van der Waals surface area (Å²) in [5.41, 5.74) is 2.79. The molecule has 1 fully saturated rings. The van der Waals surface area contributed by atoms with Crippen LogP contribution in [0.1, 0.15) is 17.2 Å². The number of nitrogens with zero attached hydrogens (tertiary/aromatic N) is 5. The van der Waals surface area contributed by atoms with Crippen LogP contribution in [-0.2, 0) is 0 Å². The van der Waals surface area contributed by atoms with E-state index in [0.717, 1.165) is 0 Å². The van der Waals surface area contributed by atoms with Gasteiger partial charge in [-0.05, 0) is 29.3 Å². The van der Waals surface area contributed by atoms with Crippen LogP contribution in [0.15, 0.2) is 85.2 Å². The lowest BCUT2D eigenvalue weighted by atomic mass is 9.96. The molecule has 3 aromatic carbocycles. The average Bonchev–Trinajstić information content (AvgIpc) is 2.92. The van der Waals surface area contributed by atoms with Gasteiger partial charge in [-0.3, -0.25) is 15.0 Å². The minimum atomic E-state index is -0.446. The van der Waals surface area contributed by atoms with Crippen LogP contribution >= 0.6 is 23.2 Å². The molecule has 1 aliphatic heterocycles. The molecule has 8 nitrogen and oxygen atoms in total. The Kier molecular flexibility index (Phi) is 7.50. The van der Waals surface area contributed by atoms with E-state index in [1.807, 2.05) is 41.3 Å². The van der Waals surface area contributed by atoms with E-state index in [4.69, 9.17) is 23.2 Å². The molecule has 0 spiro atoms. The van der Waals surface area contributed by atoms with E-state index in [9.17, 15) is 10.1 Å². The van der Waals surface area contributed by atoms with Crippen LogP contribution in [0, 0.1) is 10.1 Å². The highest BCUT2D eigenvalue weighted by atomic mass is 35.5. The van der Waals surface area contributed by atoms with Crippen molar-refractivity contribution in [2.24, 2.45) is 0 Å². The van der Waals surface area contributed by atoms with Crippen molar-refractivity contribution >= 4 is 46.2 Å². The zero-order chi connectivity index (χ0) is 25.8. The number of hydrogen-bond acceptors (Lipinski definition) is 7. The molecule has 2 heterocycles. The van der Waals surface area contributed by atoms with Gasteiger partial charge in [0.2, 0.25) is 11.6 Å². The van der Waals surface area contributed by atoms with Crippen molar-refractivity contribution in [2.75, 3.05) is 36.4 Å². The number of rotatable bonds is 7. The fraction of sp³-hybridized carbons (Fsp3) is 0.185. The first-order valence-corrected chi connectivity index (χ1v) is 12.6. The van der Waals surface area contributed by atoms with Gasteiger partial charge < -0.3 is 10.2 Å². The topological polar surface area (TPSA) is 87.4 Å². The first-order valence-electron chi connectivity index (χ1n) is 11.8. The van der Waals surface area contributed by atoms with Gasteiger partial charge in [0.25, 0.3) is 0 Å². The van der Waals surface area contributed by atoms with Gasteiger partial charge in [0.1, 0.15) is 6.33 Å². The standard InChI is InChI=1S/C27H24Cl2N6O2/c28-22-12-11-21(17-23(22)29)32-26-25(35(36)37)27(31-18-30-26)34-15-13-33(14-16-34)24(19-7-3-1-4-8-19)20-9-5-2-6-10-20/h1-12,17-18,24H,13-16H2,(H,30,31,32). The van der Waals surface area contributed by atoms with Crippen molar-refractivity contribution in [3.63, 3.8) is 0 Å². The second kappa shape index (κ2) is 11.1. The quantitative estimate of drug-likeness (QED) is 0.218. The summed E-state index contributed by atoms with van der Waals surface area (Å²) >= 11 is 12.1. The maximum atomic E-state index is 12.1. The fourth-order valence-corrected chi connectivity index (χ4v) is 4.95. The SMILES string of the molecule is O=[N+]([O-])c1c(Nc2ccc(Cl)c(Cl)c2)ncnc1N1CCN(C(c2ccccc2)c2ccccc2)CC1. The molecule has 0 bridgehead atoms. The summed E-state index contributed by atoms with van der Waals surface area (Å²) in [6.07, 6.45) is 1.34. The van der Waals surface area contributed by atoms with E-state index < -0.39 is 4.92 Å². The van der Waals surface area contributed by atoms with Crippen molar-refractivity contribution in [2.45, 2.75) is 6.04 Å². The Hall–Kier alpha value is -3.72. The second-order valence-corrected chi connectivity index (χ2v) is 9.47. The van der Waals surface area contributed by atoms with Crippen molar-refractivity contribution in [1.82, 2.24) is 14.9 Å². The fourth-order valence-electron chi connectivity index (χ4n) is 4.65. The van der Waals surface area contributed by atoms with Gasteiger partial charge in [0.15, 0.2) is 0 Å². The van der Waals surface area contributed by atoms with E-state index in [2.05, 4.69) is 44.5 Å². The normalized spacial score (nSPS) is 14.1. The van der Waals surface area contributed by atoms with Gasteiger partial charge in [-0.2, -0.15) is 0 Å². The number of benzene rings is 3. The van der Waals surface area contributed by atoms with Gasteiger partial charge in [0.05, 0.1) is 21.0 Å². The Labute approximate surface area is 224 Å². The molecule has 5 rings (SSSR count). The summed E-state index contributed by atoms with van der Waals surface area (Å²) in [5, 5.41) is 15.9. The highest BCUT2D eigenvalue weighted by molar-refractivity contribution is 6.42. The van der Waals surface area contributed by atoms with Crippen LogP contribution < -0.4 is 10.2 Å². The number of aromatic nitrogens is 2. The lowest BCUT2D eigenvalue weighted by molar-refractivity contribution is -0.383. The molecule has 0 atom stereocenters. The van der Waals surface area contributed by atoms with Crippen molar-refractivity contribution in [1.29, 1.82) is 0 Å². The maximum absolute atomic E-state index is 12.1. The van der Waals surface area contributed by atoms with Gasteiger partial charge in [-0.1, -0.05) is 83.9 Å². The Morgan fingerprint density at radius 3 is 2.03 bits per heavy atom. The van der Waals surface area contributed by atoms with E-state index in [-0.39, 0.29) is 23.4 Å². The highest BCUT2D eigenvalue weighted by Gasteiger charge is 2.32. The van der Waals surface area contributed by atoms with Crippen molar-refractivity contribution < 1.29 is 4.92 Å². The lowest BCUT2D eigenvalue weighted by Gasteiger charge is -2.40. The van der Waals surface area contributed by atoms with E-state index in [1.54, 1.807) is 18.2 Å². The number of halogens is 2. The van der Waals surface area contributed by atoms with E-state index in [1.165, 1.54) is 17.5 Å². The van der Waals surface area contributed by atoms with Crippen LogP contribution in [0.3, 0.4) is 0 Å². The molecule has 188 valence electrons. The van der Waals surface area contributed by atoms with Gasteiger partial charge in [0, 0.05) is 31.9 Å². The molecule has 0 saturated carbocycles. The van der Waals surface area contributed by atoms with Crippen molar-refractivity contribution in [3.05, 3.63) is 116 Å². The Morgan fingerprint density at radius 1 is 0.838 bits per heavy atom. The third kappa shape index (κ3) is 5.51. The third-order valence-corrected chi connectivity index (χ3v) is 7.12. The molecule has 1 aromatic heterocycles. The van der Waals surface area contributed by atoms with Crippen LogP contribution in [0.25, 0.3) is 0 Å². The molecular weight excluding hydrogens is 511 g/mol. The number of hydrogen-bond donors (Lipinski definition) is 1. The van der Waals surface area contributed by atoms with Crippen molar-refractivity contribution in [3.8, 4) is 0 Å². The lowest BCUT2D eigenvalue weighted by Crippen LogP contribution is -2.48. The number of nitro groups is 1. The molecule has 4 aromatic rings. The van der Waals surface area contributed by atoms with Crippen LogP contribution in [-0.4, -0.2) is 46.0 Å². The summed E-state index contributed by atoms with van der Waals surface area (Å²) < 4.78 is 0. The van der Waals surface area contributed by atoms with Crippen LogP contribution in [0.4, 0.5) is 23.0 Å². The summed E-state index contributed by atoms with van der Waals surface area (Å²) in [6.45, 7) is 2.59. The third-order valence-electron chi connectivity index (χ3n) is 6.38. The molecule has 0 aliphatic carbocycles. The largest absolute Gasteiger partial charge is 0.353 e. The summed E-state index contributed by atoms with van der Waals surface area (Å²) in [5.74, 6) is 0.389. The molecule has 1 aliphatic rings. The number of anilines is 3. The molecule has 10 heteroatoms. The molecule has 1 N–H and O–H groups in total. The van der Waals surface area contributed by atoms with Gasteiger partial charge >= 0.3 is 5.69 Å². The zero-order valence-electron chi connectivity index (χ0n) is 19.8. The van der Waals surface area contributed by atoms with Crippen LogP contribution in [0.2, 0.25) is 10.0 Å². The summed E-state index contributed by atoms with van der Waals surface area (Å²) in [6, 6.07) is 25.8. The monoisotopic (exact) mass is 534 g/mol. The predicted molar refractivity (Wildman–Crippen MR) is 147 cm³/mol. The van der Waals surface area contributed by atoms with E-state index in [0.29, 0.717) is 41.9 Å². The molecule has 1 saturated heterocycles. The second-order valence-electron chi connectivity index (χ2n) is 8.65. The molecule has 0 amide bonds. The average molecular weight is 535 g/mol. The number of piperazine rings is 1. The Morgan fingerprint density at radius 2 is 1.46 bits per heavy atom. The van der Waals surface area contributed by atoms with Crippen LogP contribution in [0.5, 0.6) is 0 Å². The summed E-state index contributed by atoms with van der Waals surface area (Å²) in [4.78, 5) is 24.5. The van der Waals surface area contributed by atoms with Gasteiger partial charge in [-0.15, -0.1) is 0 Å². The highest BCUT2D eigenvalue weighted by Crippen LogP contribution is 2.36. The first kappa shape index (κ1) is 25.0.